The van der Waals surface area contributed by atoms with Crippen molar-refractivity contribution in [3.8, 4) is 5.75 Å². The number of nitrogens with one attached hydrogen (secondary N) is 1. The summed E-state index contributed by atoms with van der Waals surface area (Å²) in [5.74, 6) is -0.744. The highest BCUT2D eigenvalue weighted by molar-refractivity contribution is 7.90. The quantitative estimate of drug-likeness (QED) is 0.492. The molecule has 194 valence electrons. The molecular weight excluding hydrogens is 482 g/mol. The molecule has 3 amide bonds. The molecule has 36 heavy (non-hydrogen) atoms. The fraction of sp³-hybridized carbons (Fsp3) is 0.423. The highest BCUT2D eigenvalue weighted by atomic mass is 32.2. The molecule has 0 radical (unpaired) electrons. The summed E-state index contributed by atoms with van der Waals surface area (Å²) in [4.78, 5) is 40.7. The number of amides is 3. The van der Waals surface area contributed by atoms with Crippen molar-refractivity contribution in [2.24, 2.45) is 0 Å². The molecule has 1 N–H and O–H groups in total. The number of carbonyl (C=O) groups is 3. The lowest BCUT2D eigenvalue weighted by Gasteiger charge is -2.32. The Bertz CT molecular complexity index is 1230. The lowest BCUT2D eigenvalue weighted by molar-refractivity contribution is -0.141. The number of fused-ring (bicyclic) bond motifs is 1. The molecule has 0 saturated carbocycles. The van der Waals surface area contributed by atoms with E-state index >= 15 is 0 Å². The van der Waals surface area contributed by atoms with Gasteiger partial charge in [0.05, 0.1) is 12.7 Å². The first-order valence-electron chi connectivity index (χ1n) is 12.0. The van der Waals surface area contributed by atoms with Gasteiger partial charge in [0.15, 0.2) is 0 Å². The van der Waals surface area contributed by atoms with E-state index in [4.69, 9.17) is 4.74 Å². The number of nitrogens with zero attached hydrogens (tertiary/aromatic N) is 2. The topological polar surface area (TPSA) is 113 Å². The summed E-state index contributed by atoms with van der Waals surface area (Å²) in [6.07, 6.45) is 0.849. The first kappa shape index (κ1) is 27.2. The zero-order chi connectivity index (χ0) is 26.5. The van der Waals surface area contributed by atoms with Gasteiger partial charge in [0.2, 0.25) is 11.8 Å². The van der Waals surface area contributed by atoms with Crippen molar-refractivity contribution >= 4 is 27.7 Å². The summed E-state index contributed by atoms with van der Waals surface area (Å²) in [5.41, 5.74) is 0.854. The van der Waals surface area contributed by atoms with Crippen LogP contribution in [0.15, 0.2) is 53.4 Å². The molecule has 0 aliphatic carbocycles. The normalized spacial score (nSPS) is 15.7. The van der Waals surface area contributed by atoms with Crippen molar-refractivity contribution in [2.75, 3.05) is 13.7 Å². The number of hydrogen-bond acceptors (Lipinski definition) is 6. The van der Waals surface area contributed by atoms with Gasteiger partial charge in [-0.3, -0.25) is 14.4 Å². The zero-order valence-corrected chi connectivity index (χ0v) is 21.9. The summed E-state index contributed by atoms with van der Waals surface area (Å²) in [7, 11) is -2.49. The minimum absolute atomic E-state index is 0.0601. The fourth-order valence-electron chi connectivity index (χ4n) is 4.12. The summed E-state index contributed by atoms with van der Waals surface area (Å²) >= 11 is 0. The fourth-order valence-corrected chi connectivity index (χ4v) is 5.69. The van der Waals surface area contributed by atoms with E-state index in [9.17, 15) is 22.8 Å². The van der Waals surface area contributed by atoms with Crippen LogP contribution in [0.1, 0.15) is 56.0 Å². The average Bonchev–Trinajstić information content (AvgIpc) is 3.07. The first-order valence-corrected chi connectivity index (χ1v) is 13.5. The molecule has 2 aromatic rings. The Morgan fingerprint density at radius 2 is 1.81 bits per heavy atom. The number of sulfonamides is 1. The van der Waals surface area contributed by atoms with Crippen LogP contribution in [0.4, 0.5) is 0 Å². The number of methoxy groups -OCH3 is 1. The molecule has 0 aromatic heterocycles. The SMILES string of the molecule is CC[C@H](C(=O)N[C@@H](C)CC)N(Cc1cccc(OC)c1)C(=O)CCN1C(=O)c2ccccc2S1(=O)=O. The molecule has 0 bridgehead atoms. The van der Waals surface area contributed by atoms with Gasteiger partial charge in [-0.1, -0.05) is 38.1 Å². The van der Waals surface area contributed by atoms with Crippen LogP contribution in [-0.2, 0) is 26.2 Å². The summed E-state index contributed by atoms with van der Waals surface area (Å²) < 4.78 is 31.8. The molecule has 2 aromatic carbocycles. The second-order valence-corrected chi connectivity index (χ2v) is 10.6. The predicted octanol–water partition coefficient (Wildman–Crippen LogP) is 2.95. The van der Waals surface area contributed by atoms with Crippen LogP contribution in [0.5, 0.6) is 5.75 Å². The predicted molar refractivity (Wildman–Crippen MR) is 135 cm³/mol. The standard InChI is InChI=1S/C26H33N3O6S/c1-5-18(3)27-25(31)22(6-2)28(17-19-10-9-11-20(16-19)35-4)24(30)14-15-29-26(32)21-12-7-8-13-23(21)36(29,33)34/h7-13,16,18,22H,5-6,14-15,17H2,1-4H3,(H,27,31)/t18-,22+/m0/s1. The molecule has 0 spiro atoms. The van der Waals surface area contributed by atoms with Crippen LogP contribution >= 0.6 is 0 Å². The summed E-state index contributed by atoms with van der Waals surface area (Å²) in [5, 5.41) is 2.94. The Morgan fingerprint density at radius 3 is 2.44 bits per heavy atom. The van der Waals surface area contributed by atoms with Gasteiger partial charge < -0.3 is 15.0 Å². The second-order valence-electron chi connectivity index (χ2n) is 8.74. The van der Waals surface area contributed by atoms with Crippen LogP contribution in [0.25, 0.3) is 0 Å². The monoisotopic (exact) mass is 515 g/mol. The Morgan fingerprint density at radius 1 is 1.08 bits per heavy atom. The van der Waals surface area contributed by atoms with Gasteiger partial charge in [0, 0.05) is 25.6 Å². The molecule has 9 nitrogen and oxygen atoms in total. The number of rotatable bonds is 11. The molecule has 3 rings (SSSR count). The van der Waals surface area contributed by atoms with Crippen molar-refractivity contribution in [3.05, 3.63) is 59.7 Å². The number of carbonyl (C=O) groups excluding carboxylic acids is 3. The van der Waals surface area contributed by atoms with E-state index in [1.807, 2.05) is 26.8 Å². The Balaban J connectivity index is 1.84. The molecule has 0 fully saturated rings. The van der Waals surface area contributed by atoms with Gasteiger partial charge in [-0.15, -0.1) is 0 Å². The lowest BCUT2D eigenvalue weighted by Crippen LogP contribution is -2.51. The number of ether oxygens (including phenoxy) is 1. The largest absolute Gasteiger partial charge is 0.497 e. The molecule has 0 unspecified atom stereocenters. The second kappa shape index (κ2) is 11.6. The lowest BCUT2D eigenvalue weighted by atomic mass is 10.1. The molecule has 0 saturated heterocycles. The van der Waals surface area contributed by atoms with Crippen molar-refractivity contribution in [3.63, 3.8) is 0 Å². The Hall–Kier alpha value is -3.40. The minimum atomic E-state index is -4.03. The molecular formula is C26H33N3O6S. The number of benzene rings is 2. The third kappa shape index (κ3) is 5.70. The van der Waals surface area contributed by atoms with Crippen LogP contribution in [0.2, 0.25) is 0 Å². The third-order valence-corrected chi connectivity index (χ3v) is 8.16. The smallest absolute Gasteiger partial charge is 0.269 e. The summed E-state index contributed by atoms with van der Waals surface area (Å²) in [6, 6.07) is 12.3. The van der Waals surface area contributed by atoms with Gasteiger partial charge in [-0.2, -0.15) is 0 Å². The Labute approximate surface area is 212 Å². The maximum Gasteiger partial charge on any atom is 0.269 e. The van der Waals surface area contributed by atoms with Gasteiger partial charge in [0.1, 0.15) is 16.7 Å². The summed E-state index contributed by atoms with van der Waals surface area (Å²) in [6.45, 7) is 5.48. The van der Waals surface area contributed by atoms with E-state index in [1.54, 1.807) is 37.4 Å². The van der Waals surface area contributed by atoms with Crippen molar-refractivity contribution in [1.29, 1.82) is 0 Å². The first-order chi connectivity index (χ1) is 17.1. The maximum atomic E-state index is 13.5. The van der Waals surface area contributed by atoms with E-state index in [0.717, 1.165) is 16.3 Å². The molecule has 10 heteroatoms. The molecule has 1 aliphatic rings. The van der Waals surface area contributed by atoms with Crippen LogP contribution in [0.3, 0.4) is 0 Å². The highest BCUT2D eigenvalue weighted by Gasteiger charge is 2.41. The van der Waals surface area contributed by atoms with Crippen molar-refractivity contribution in [2.45, 2.75) is 63.6 Å². The highest BCUT2D eigenvalue weighted by Crippen LogP contribution is 2.30. The van der Waals surface area contributed by atoms with Crippen molar-refractivity contribution < 1.29 is 27.5 Å². The molecule has 1 heterocycles. The van der Waals surface area contributed by atoms with E-state index in [1.165, 1.54) is 17.0 Å². The zero-order valence-electron chi connectivity index (χ0n) is 21.1. The maximum absolute atomic E-state index is 13.5. The van der Waals surface area contributed by atoms with E-state index in [0.29, 0.717) is 12.2 Å². The molecule has 1 aliphatic heterocycles. The van der Waals surface area contributed by atoms with Crippen LogP contribution in [-0.4, -0.2) is 61.1 Å². The number of hydrogen-bond donors (Lipinski definition) is 1. The van der Waals surface area contributed by atoms with Gasteiger partial charge in [-0.25, -0.2) is 12.7 Å². The third-order valence-electron chi connectivity index (χ3n) is 6.31. The van der Waals surface area contributed by atoms with Gasteiger partial charge >= 0.3 is 0 Å². The van der Waals surface area contributed by atoms with E-state index in [2.05, 4.69) is 5.32 Å². The minimum Gasteiger partial charge on any atom is -0.497 e. The molecule has 2 atom stereocenters. The van der Waals surface area contributed by atoms with Crippen LogP contribution in [0, 0.1) is 0 Å². The van der Waals surface area contributed by atoms with E-state index < -0.39 is 27.9 Å². The Kier molecular flexibility index (Phi) is 8.73. The van der Waals surface area contributed by atoms with E-state index in [-0.39, 0.29) is 41.9 Å². The van der Waals surface area contributed by atoms with Gasteiger partial charge in [-0.05, 0) is 49.6 Å². The van der Waals surface area contributed by atoms with Crippen LogP contribution < -0.4 is 10.1 Å². The average molecular weight is 516 g/mol. The van der Waals surface area contributed by atoms with Crippen molar-refractivity contribution in [1.82, 2.24) is 14.5 Å². The van der Waals surface area contributed by atoms with Gasteiger partial charge in [0.25, 0.3) is 15.9 Å².